The van der Waals surface area contributed by atoms with Gasteiger partial charge in [-0.05, 0) is 26.2 Å². The Morgan fingerprint density at radius 2 is 2.08 bits per heavy atom. The zero-order chi connectivity index (χ0) is 16.5. The van der Waals surface area contributed by atoms with Gasteiger partial charge in [0.2, 0.25) is 5.91 Å². The average molecular weight is 465 g/mol. The number of carbonyl (C=O) groups is 1. The Bertz CT molecular complexity index is 528. The molecular weight excluding hydrogens is 437 g/mol. The van der Waals surface area contributed by atoms with Gasteiger partial charge in [0, 0.05) is 43.7 Å². The van der Waals surface area contributed by atoms with Crippen molar-refractivity contribution < 1.29 is 4.79 Å². The highest BCUT2D eigenvalue weighted by atomic mass is 127. The van der Waals surface area contributed by atoms with E-state index in [1.54, 1.807) is 11.3 Å². The van der Waals surface area contributed by atoms with Gasteiger partial charge in [0.15, 0.2) is 5.96 Å². The zero-order valence-corrected chi connectivity index (χ0v) is 17.7. The topological polar surface area (TPSA) is 69.6 Å². The van der Waals surface area contributed by atoms with Crippen LogP contribution < -0.4 is 10.6 Å². The van der Waals surface area contributed by atoms with Crippen molar-refractivity contribution >= 4 is 47.2 Å². The molecule has 1 fully saturated rings. The van der Waals surface area contributed by atoms with E-state index in [1.807, 2.05) is 18.0 Å². The van der Waals surface area contributed by atoms with Gasteiger partial charge in [0.25, 0.3) is 0 Å². The first kappa shape index (κ1) is 21.1. The number of hydrogen-bond acceptors (Lipinski definition) is 4. The van der Waals surface area contributed by atoms with Crippen molar-refractivity contribution in [2.75, 3.05) is 32.7 Å². The quantitative estimate of drug-likeness (QED) is 0.368. The molecule has 0 radical (unpaired) electrons. The Morgan fingerprint density at radius 3 is 2.71 bits per heavy atom. The normalized spacial score (nSPS) is 14.4. The Labute approximate surface area is 165 Å². The second kappa shape index (κ2) is 11.6. The summed E-state index contributed by atoms with van der Waals surface area (Å²) in [6.45, 7) is 7.68. The molecule has 0 saturated carbocycles. The van der Waals surface area contributed by atoms with Gasteiger partial charge < -0.3 is 15.5 Å². The third-order valence-electron chi connectivity index (χ3n) is 3.76. The highest BCUT2D eigenvalue weighted by molar-refractivity contribution is 14.0. The molecule has 1 aliphatic rings. The highest BCUT2D eigenvalue weighted by Gasteiger charge is 2.17. The van der Waals surface area contributed by atoms with Gasteiger partial charge in [-0.3, -0.25) is 4.79 Å². The van der Waals surface area contributed by atoms with Crippen molar-refractivity contribution in [1.82, 2.24) is 20.5 Å². The fourth-order valence-corrected chi connectivity index (χ4v) is 3.33. The van der Waals surface area contributed by atoms with Gasteiger partial charge in [0.1, 0.15) is 6.54 Å². The Balaban J connectivity index is 0.00000288. The van der Waals surface area contributed by atoms with Crippen molar-refractivity contribution in [2.24, 2.45) is 4.99 Å². The van der Waals surface area contributed by atoms with Gasteiger partial charge in [-0.15, -0.1) is 35.3 Å². The number of nitrogens with one attached hydrogen (secondary N) is 2. The first-order valence-electron chi connectivity index (χ1n) is 8.46. The van der Waals surface area contributed by atoms with E-state index in [2.05, 4.69) is 27.5 Å². The standard InChI is InChI=1S/C16H27N5OS.HI/c1-3-13-11-19-14(23-13)7-8-18-16(17-4-2)20-12-15(22)21-9-5-6-10-21;/h11H,3-10,12H2,1-2H3,(H2,17,18,20);1H. The molecule has 1 aliphatic heterocycles. The summed E-state index contributed by atoms with van der Waals surface area (Å²) in [6, 6.07) is 0. The van der Waals surface area contributed by atoms with Crippen LogP contribution in [0, 0.1) is 0 Å². The van der Waals surface area contributed by atoms with Crippen LogP contribution in [-0.2, 0) is 17.6 Å². The fraction of sp³-hybridized carbons (Fsp3) is 0.688. The van der Waals surface area contributed by atoms with E-state index < -0.39 is 0 Å². The number of amides is 1. The minimum atomic E-state index is 0. The summed E-state index contributed by atoms with van der Waals surface area (Å²) in [5, 5.41) is 7.60. The molecule has 1 aromatic rings. The van der Waals surface area contributed by atoms with E-state index >= 15 is 0 Å². The number of rotatable bonds is 7. The van der Waals surface area contributed by atoms with Gasteiger partial charge in [-0.25, -0.2) is 9.98 Å². The van der Waals surface area contributed by atoms with Gasteiger partial charge in [-0.2, -0.15) is 0 Å². The van der Waals surface area contributed by atoms with Crippen LogP contribution in [0.4, 0.5) is 0 Å². The maximum Gasteiger partial charge on any atom is 0.244 e. The third kappa shape index (κ3) is 6.92. The van der Waals surface area contributed by atoms with Crippen molar-refractivity contribution in [3.05, 3.63) is 16.1 Å². The number of likely N-dealkylation sites (tertiary alicyclic amines) is 1. The van der Waals surface area contributed by atoms with Crippen molar-refractivity contribution in [3.8, 4) is 0 Å². The van der Waals surface area contributed by atoms with Gasteiger partial charge >= 0.3 is 0 Å². The largest absolute Gasteiger partial charge is 0.357 e. The third-order valence-corrected chi connectivity index (χ3v) is 4.96. The summed E-state index contributed by atoms with van der Waals surface area (Å²) in [7, 11) is 0. The second-order valence-electron chi connectivity index (χ2n) is 5.53. The lowest BCUT2D eigenvalue weighted by atomic mass is 10.4. The van der Waals surface area contributed by atoms with Crippen LogP contribution in [0.2, 0.25) is 0 Å². The molecule has 0 unspecified atom stereocenters. The SMILES string of the molecule is CCNC(=NCC(=O)N1CCCC1)NCCc1ncc(CC)s1.I. The van der Waals surface area contributed by atoms with Gasteiger partial charge in [-0.1, -0.05) is 6.92 Å². The predicted octanol–water partition coefficient (Wildman–Crippen LogP) is 2.04. The lowest BCUT2D eigenvalue weighted by Gasteiger charge is -2.15. The molecule has 8 heteroatoms. The Morgan fingerprint density at radius 1 is 1.33 bits per heavy atom. The molecule has 0 atom stereocenters. The molecule has 1 aromatic heterocycles. The van der Waals surface area contributed by atoms with E-state index in [-0.39, 0.29) is 36.4 Å². The van der Waals surface area contributed by atoms with Crippen LogP contribution in [0.25, 0.3) is 0 Å². The number of aliphatic imine (C=N–C) groups is 1. The van der Waals surface area contributed by atoms with E-state index in [4.69, 9.17) is 0 Å². The molecule has 1 saturated heterocycles. The molecule has 1 amide bonds. The first-order chi connectivity index (χ1) is 11.2. The molecule has 0 spiro atoms. The summed E-state index contributed by atoms with van der Waals surface area (Å²) >= 11 is 1.76. The van der Waals surface area contributed by atoms with Crippen LogP contribution in [-0.4, -0.2) is 54.5 Å². The molecule has 0 bridgehead atoms. The summed E-state index contributed by atoms with van der Waals surface area (Å²) in [5.74, 6) is 0.819. The number of aromatic nitrogens is 1. The number of carbonyl (C=O) groups excluding carboxylic acids is 1. The number of aryl methyl sites for hydroxylation is 1. The molecule has 136 valence electrons. The maximum absolute atomic E-state index is 12.0. The summed E-state index contributed by atoms with van der Waals surface area (Å²) in [5.41, 5.74) is 0. The average Bonchev–Trinajstić information content (AvgIpc) is 3.23. The van der Waals surface area contributed by atoms with Crippen LogP contribution >= 0.6 is 35.3 Å². The summed E-state index contributed by atoms with van der Waals surface area (Å²) in [6.07, 6.45) is 6.08. The summed E-state index contributed by atoms with van der Waals surface area (Å²) in [4.78, 5) is 24.1. The van der Waals surface area contributed by atoms with Gasteiger partial charge in [0.05, 0.1) is 5.01 Å². The summed E-state index contributed by atoms with van der Waals surface area (Å²) < 4.78 is 0. The fourth-order valence-electron chi connectivity index (χ4n) is 2.47. The van der Waals surface area contributed by atoms with Crippen molar-refractivity contribution in [1.29, 1.82) is 0 Å². The van der Waals surface area contributed by atoms with Crippen LogP contribution in [0.15, 0.2) is 11.2 Å². The van der Waals surface area contributed by atoms with E-state index in [0.717, 1.165) is 56.9 Å². The molecule has 2 rings (SSSR count). The first-order valence-corrected chi connectivity index (χ1v) is 9.28. The molecule has 0 aromatic carbocycles. The van der Waals surface area contributed by atoms with Crippen molar-refractivity contribution in [3.63, 3.8) is 0 Å². The highest BCUT2D eigenvalue weighted by Crippen LogP contribution is 2.13. The lowest BCUT2D eigenvalue weighted by molar-refractivity contribution is -0.128. The van der Waals surface area contributed by atoms with Crippen LogP contribution in [0.1, 0.15) is 36.6 Å². The maximum atomic E-state index is 12.0. The minimum Gasteiger partial charge on any atom is -0.357 e. The van der Waals surface area contributed by atoms with E-state index in [0.29, 0.717) is 5.96 Å². The van der Waals surface area contributed by atoms with Crippen molar-refractivity contribution in [2.45, 2.75) is 39.5 Å². The number of hydrogen-bond donors (Lipinski definition) is 2. The number of thiazole rings is 1. The van der Waals surface area contributed by atoms with E-state index in [9.17, 15) is 4.79 Å². The number of halogens is 1. The second-order valence-corrected chi connectivity index (χ2v) is 6.73. The van der Waals surface area contributed by atoms with E-state index in [1.165, 1.54) is 4.88 Å². The molecule has 24 heavy (non-hydrogen) atoms. The molecule has 2 heterocycles. The molecule has 6 nitrogen and oxygen atoms in total. The molecule has 0 aliphatic carbocycles. The monoisotopic (exact) mass is 465 g/mol. The van der Waals surface area contributed by atoms with Crippen LogP contribution in [0.5, 0.6) is 0 Å². The zero-order valence-electron chi connectivity index (χ0n) is 14.5. The predicted molar refractivity (Wildman–Crippen MR) is 110 cm³/mol. The Hall–Kier alpha value is -0.900. The number of nitrogens with zero attached hydrogens (tertiary/aromatic N) is 3. The lowest BCUT2D eigenvalue weighted by Crippen LogP contribution is -2.39. The smallest absolute Gasteiger partial charge is 0.244 e. The number of guanidine groups is 1. The molecule has 2 N–H and O–H groups in total. The molecular formula is C16H28IN5OS. The van der Waals surface area contributed by atoms with Crippen LogP contribution in [0.3, 0.4) is 0 Å². The minimum absolute atomic E-state index is 0. The Kier molecular flexibility index (Phi) is 10.2.